The molecule has 8 heteroatoms. The lowest BCUT2D eigenvalue weighted by atomic mass is 9.95. The second kappa shape index (κ2) is 6.79. The summed E-state index contributed by atoms with van der Waals surface area (Å²) in [7, 11) is 0. The molecule has 0 fully saturated rings. The molecule has 0 aliphatic carbocycles. The fourth-order valence-electron chi connectivity index (χ4n) is 3.04. The van der Waals surface area contributed by atoms with Gasteiger partial charge in [0.05, 0.1) is 16.5 Å². The number of Topliss-reactive ketones (excluding diaryl/α,β-unsaturated/α-hetero) is 1. The predicted molar refractivity (Wildman–Crippen MR) is 104 cm³/mol. The van der Waals surface area contributed by atoms with Crippen LogP contribution in [0.25, 0.3) is 0 Å². The van der Waals surface area contributed by atoms with Crippen LogP contribution in [0.15, 0.2) is 68.2 Å². The van der Waals surface area contributed by atoms with Gasteiger partial charge >= 0.3 is 0 Å². The molecule has 0 bridgehead atoms. The van der Waals surface area contributed by atoms with Gasteiger partial charge in [-0.25, -0.2) is 0 Å². The molecule has 1 aliphatic rings. The van der Waals surface area contributed by atoms with Crippen molar-refractivity contribution in [3.8, 4) is 0 Å². The molecule has 4 rings (SSSR count). The first-order chi connectivity index (χ1) is 13.0. The number of amides is 1. The van der Waals surface area contributed by atoms with E-state index >= 15 is 0 Å². The van der Waals surface area contributed by atoms with E-state index in [-0.39, 0.29) is 17.2 Å². The number of hydrogen-bond donors (Lipinski definition) is 1. The van der Waals surface area contributed by atoms with Crippen molar-refractivity contribution in [3.63, 3.8) is 0 Å². The zero-order valence-electron chi connectivity index (χ0n) is 14.0. The van der Waals surface area contributed by atoms with Crippen molar-refractivity contribution in [3.05, 3.63) is 79.9 Å². The highest BCUT2D eigenvalue weighted by atomic mass is 79.9. The molecular formula is C19H13BrN2O4S. The summed E-state index contributed by atoms with van der Waals surface area (Å²) in [6.07, 6.45) is 0. The molecule has 1 unspecified atom stereocenters. The Hall–Kier alpha value is -2.71. The first-order valence-corrected chi connectivity index (χ1v) is 9.68. The maximum absolute atomic E-state index is 13.1. The number of aromatic nitrogens is 1. The number of rotatable bonds is 4. The van der Waals surface area contributed by atoms with Gasteiger partial charge in [-0.1, -0.05) is 39.3 Å². The maximum atomic E-state index is 13.1. The standard InChI is InChI=1S/C19H13BrN2O4S/c1-10-9-14(21-26-10)22-16(11-4-6-12(20)7-5-11)15(18(24)19(22)25)17(23)13-3-2-8-27-13/h2-9,16,24H,1H3. The summed E-state index contributed by atoms with van der Waals surface area (Å²) < 4.78 is 5.96. The summed E-state index contributed by atoms with van der Waals surface area (Å²) >= 11 is 4.64. The van der Waals surface area contributed by atoms with Crippen LogP contribution in [0.4, 0.5) is 5.82 Å². The summed E-state index contributed by atoms with van der Waals surface area (Å²) in [5.74, 6) is -0.875. The molecule has 1 atom stereocenters. The number of benzene rings is 1. The number of nitrogens with zero attached hydrogens (tertiary/aromatic N) is 2. The maximum Gasteiger partial charge on any atom is 0.295 e. The van der Waals surface area contributed by atoms with E-state index in [1.165, 1.54) is 16.2 Å². The summed E-state index contributed by atoms with van der Waals surface area (Å²) in [5.41, 5.74) is 0.710. The number of aryl methyl sites for hydroxylation is 1. The Morgan fingerprint density at radius 1 is 1.30 bits per heavy atom. The van der Waals surface area contributed by atoms with Gasteiger partial charge in [0.2, 0.25) is 5.78 Å². The summed E-state index contributed by atoms with van der Waals surface area (Å²) in [4.78, 5) is 27.6. The molecule has 6 nitrogen and oxygen atoms in total. The average Bonchev–Trinajstić information content (AvgIpc) is 3.37. The lowest BCUT2D eigenvalue weighted by molar-refractivity contribution is -0.117. The molecule has 0 spiro atoms. The minimum atomic E-state index is -0.801. The molecule has 1 aromatic carbocycles. The van der Waals surface area contributed by atoms with Crippen molar-refractivity contribution in [2.24, 2.45) is 0 Å². The van der Waals surface area contributed by atoms with Gasteiger partial charge in [-0.3, -0.25) is 14.5 Å². The molecule has 27 heavy (non-hydrogen) atoms. The Bertz CT molecular complexity index is 1050. The summed E-state index contributed by atoms with van der Waals surface area (Å²) in [5, 5.41) is 16.2. The van der Waals surface area contributed by atoms with Gasteiger partial charge in [-0.05, 0) is 36.1 Å². The van der Waals surface area contributed by atoms with Crippen LogP contribution in [0, 0.1) is 6.92 Å². The Labute approximate surface area is 166 Å². The van der Waals surface area contributed by atoms with E-state index in [4.69, 9.17) is 4.52 Å². The van der Waals surface area contributed by atoms with E-state index in [2.05, 4.69) is 21.1 Å². The summed E-state index contributed by atoms with van der Waals surface area (Å²) in [6.45, 7) is 1.71. The van der Waals surface area contributed by atoms with E-state index < -0.39 is 17.7 Å². The zero-order valence-corrected chi connectivity index (χ0v) is 16.5. The van der Waals surface area contributed by atoms with Gasteiger partial charge in [0.1, 0.15) is 5.76 Å². The number of carbonyl (C=O) groups is 2. The SMILES string of the molecule is Cc1cc(N2C(=O)C(O)=C(C(=O)c3cccs3)C2c2ccc(Br)cc2)no1. The topological polar surface area (TPSA) is 83.6 Å². The molecule has 3 aromatic rings. The van der Waals surface area contributed by atoms with Gasteiger partial charge < -0.3 is 9.63 Å². The second-order valence-corrected chi connectivity index (χ2v) is 7.86. The van der Waals surface area contributed by atoms with Crippen LogP contribution in [0.3, 0.4) is 0 Å². The van der Waals surface area contributed by atoms with Crippen molar-refractivity contribution >= 4 is 44.8 Å². The molecule has 0 saturated heterocycles. The fourth-order valence-corrected chi connectivity index (χ4v) is 3.98. The number of thiophene rings is 1. The largest absolute Gasteiger partial charge is 0.503 e. The number of hydrogen-bond acceptors (Lipinski definition) is 6. The third kappa shape index (κ3) is 3.00. The fraction of sp³-hybridized carbons (Fsp3) is 0.105. The molecule has 1 amide bonds. The van der Waals surface area contributed by atoms with Crippen molar-refractivity contribution in [2.45, 2.75) is 13.0 Å². The number of aliphatic hydroxyl groups is 1. The van der Waals surface area contributed by atoms with E-state index in [1.54, 1.807) is 42.6 Å². The third-order valence-corrected chi connectivity index (χ3v) is 5.64. The number of halogens is 1. The predicted octanol–water partition coefficient (Wildman–Crippen LogP) is 4.59. The van der Waals surface area contributed by atoms with Crippen molar-refractivity contribution in [1.29, 1.82) is 0 Å². The Morgan fingerprint density at radius 2 is 2.04 bits per heavy atom. The molecule has 3 heterocycles. The van der Waals surface area contributed by atoms with Crippen LogP contribution < -0.4 is 4.90 Å². The van der Waals surface area contributed by atoms with Gasteiger partial charge in [0.25, 0.3) is 5.91 Å². The van der Waals surface area contributed by atoms with Crippen molar-refractivity contribution < 1.29 is 19.2 Å². The first kappa shape index (κ1) is 17.7. The molecular weight excluding hydrogens is 432 g/mol. The average molecular weight is 445 g/mol. The summed E-state index contributed by atoms with van der Waals surface area (Å²) in [6, 6.07) is 11.4. The monoisotopic (exact) mass is 444 g/mol. The smallest absolute Gasteiger partial charge is 0.295 e. The molecule has 136 valence electrons. The van der Waals surface area contributed by atoms with E-state index in [0.717, 1.165) is 4.47 Å². The van der Waals surface area contributed by atoms with Crippen LogP contribution in [-0.4, -0.2) is 22.0 Å². The minimum Gasteiger partial charge on any atom is -0.503 e. The quantitative estimate of drug-likeness (QED) is 0.594. The highest BCUT2D eigenvalue weighted by molar-refractivity contribution is 9.10. The number of carbonyl (C=O) groups excluding carboxylic acids is 2. The first-order valence-electron chi connectivity index (χ1n) is 8.01. The van der Waals surface area contributed by atoms with Gasteiger partial charge in [0.15, 0.2) is 11.6 Å². The molecule has 2 aromatic heterocycles. The Kier molecular flexibility index (Phi) is 4.45. The van der Waals surface area contributed by atoms with Crippen LogP contribution in [0.1, 0.15) is 27.0 Å². The zero-order chi connectivity index (χ0) is 19.1. The van der Waals surface area contributed by atoms with Gasteiger partial charge in [0, 0.05) is 10.5 Å². The number of ketones is 1. The molecule has 0 radical (unpaired) electrons. The highest BCUT2D eigenvalue weighted by Gasteiger charge is 2.45. The lowest BCUT2D eigenvalue weighted by Gasteiger charge is -2.24. The number of anilines is 1. The van der Waals surface area contributed by atoms with Crippen molar-refractivity contribution in [2.75, 3.05) is 4.90 Å². The third-order valence-electron chi connectivity index (χ3n) is 4.25. The molecule has 1 N–H and O–H groups in total. The van der Waals surface area contributed by atoms with Crippen molar-refractivity contribution in [1.82, 2.24) is 5.16 Å². The minimum absolute atomic E-state index is 0.0328. The van der Waals surface area contributed by atoms with E-state index in [0.29, 0.717) is 16.2 Å². The van der Waals surface area contributed by atoms with Gasteiger partial charge in [-0.2, -0.15) is 0 Å². The normalized spacial score (nSPS) is 17.0. The molecule has 1 aliphatic heterocycles. The van der Waals surface area contributed by atoms with Crippen LogP contribution in [0.2, 0.25) is 0 Å². The second-order valence-electron chi connectivity index (χ2n) is 5.99. The van der Waals surface area contributed by atoms with Gasteiger partial charge in [-0.15, -0.1) is 11.3 Å². The van der Waals surface area contributed by atoms with Crippen LogP contribution >= 0.6 is 27.3 Å². The lowest BCUT2D eigenvalue weighted by Crippen LogP contribution is -2.31. The van der Waals surface area contributed by atoms with E-state index in [1.807, 2.05) is 12.1 Å². The highest BCUT2D eigenvalue weighted by Crippen LogP contribution is 2.42. The Morgan fingerprint density at radius 3 is 2.63 bits per heavy atom. The Balaban J connectivity index is 1.88. The number of aliphatic hydroxyl groups excluding tert-OH is 1. The molecule has 0 saturated carbocycles. The van der Waals surface area contributed by atoms with E-state index in [9.17, 15) is 14.7 Å². The van der Waals surface area contributed by atoms with Crippen LogP contribution in [0.5, 0.6) is 0 Å². The van der Waals surface area contributed by atoms with Crippen LogP contribution in [-0.2, 0) is 4.79 Å².